The lowest BCUT2D eigenvalue weighted by atomic mass is 10.3. The molecule has 3 rings (SSSR count). The number of fused-ring (bicyclic) bond motifs is 1. The van der Waals surface area contributed by atoms with Gasteiger partial charge in [0, 0.05) is 13.0 Å². The predicted octanol–water partition coefficient (Wildman–Crippen LogP) is 3.43. The lowest BCUT2D eigenvalue weighted by molar-refractivity contribution is -0.123. The number of carbonyl (C=O) groups excluding carboxylic acids is 1. The quantitative estimate of drug-likeness (QED) is 0.672. The predicted molar refractivity (Wildman–Crippen MR) is 99.4 cm³/mol. The van der Waals surface area contributed by atoms with E-state index < -0.39 is 0 Å². The minimum Gasteiger partial charge on any atom is -0.490 e. The molecule has 130 valence electrons. The summed E-state index contributed by atoms with van der Waals surface area (Å²) >= 11 is 1.66. The maximum atomic E-state index is 12.0. The number of thiazole rings is 1. The fourth-order valence-electron chi connectivity index (χ4n) is 2.37. The molecule has 0 saturated carbocycles. The Kier molecular flexibility index (Phi) is 5.85. The van der Waals surface area contributed by atoms with E-state index in [1.165, 1.54) is 4.70 Å². The number of nitrogens with one attached hydrogen (secondary N) is 1. The van der Waals surface area contributed by atoms with Crippen LogP contribution in [0.2, 0.25) is 0 Å². The Bertz CT molecular complexity index is 814. The molecule has 5 nitrogen and oxygen atoms in total. The number of hydrogen-bond donors (Lipinski definition) is 1. The van der Waals surface area contributed by atoms with Gasteiger partial charge in [0.05, 0.1) is 21.8 Å². The standard InChI is InChI=1S/C19H20N2O3S/c1-2-23-15-8-4-5-9-16(15)24-13-18(22)20-12-11-19-21-14-7-3-6-10-17(14)25-19/h3-10H,2,11-13H2,1H3,(H,20,22). The zero-order valence-electron chi connectivity index (χ0n) is 14.0. The second-order valence-corrected chi connectivity index (χ2v) is 6.46. The third-order valence-electron chi connectivity index (χ3n) is 3.51. The van der Waals surface area contributed by atoms with Crippen molar-refractivity contribution in [2.45, 2.75) is 13.3 Å². The summed E-state index contributed by atoms with van der Waals surface area (Å²) in [5.74, 6) is 1.06. The molecule has 0 bridgehead atoms. The van der Waals surface area contributed by atoms with Gasteiger partial charge in [-0.05, 0) is 31.2 Å². The SMILES string of the molecule is CCOc1ccccc1OCC(=O)NCCc1nc2ccccc2s1. The van der Waals surface area contributed by atoms with Gasteiger partial charge in [-0.1, -0.05) is 24.3 Å². The molecule has 25 heavy (non-hydrogen) atoms. The summed E-state index contributed by atoms with van der Waals surface area (Å²) in [6.07, 6.45) is 0.709. The molecular formula is C19H20N2O3S. The molecule has 0 spiro atoms. The fourth-order valence-corrected chi connectivity index (χ4v) is 3.34. The van der Waals surface area contributed by atoms with Crippen LogP contribution in [0.15, 0.2) is 48.5 Å². The maximum Gasteiger partial charge on any atom is 0.257 e. The monoisotopic (exact) mass is 356 g/mol. The number of ether oxygens (including phenoxy) is 2. The van der Waals surface area contributed by atoms with E-state index in [2.05, 4.69) is 16.4 Å². The first-order valence-electron chi connectivity index (χ1n) is 8.22. The van der Waals surface area contributed by atoms with Crippen LogP contribution in [-0.2, 0) is 11.2 Å². The molecular weight excluding hydrogens is 336 g/mol. The minimum atomic E-state index is -0.160. The Morgan fingerprint density at radius 2 is 1.80 bits per heavy atom. The summed E-state index contributed by atoms with van der Waals surface area (Å²) in [7, 11) is 0. The average molecular weight is 356 g/mol. The molecule has 0 aliphatic carbocycles. The molecule has 0 radical (unpaired) electrons. The van der Waals surface area contributed by atoms with E-state index in [1.54, 1.807) is 17.4 Å². The summed E-state index contributed by atoms with van der Waals surface area (Å²) in [5, 5.41) is 3.88. The van der Waals surface area contributed by atoms with Crippen molar-refractivity contribution in [2.75, 3.05) is 19.8 Å². The first-order chi connectivity index (χ1) is 12.3. The largest absolute Gasteiger partial charge is 0.490 e. The summed E-state index contributed by atoms with van der Waals surface area (Å²) in [6, 6.07) is 15.4. The van der Waals surface area contributed by atoms with Crippen molar-refractivity contribution in [3.8, 4) is 11.5 Å². The number of hydrogen-bond acceptors (Lipinski definition) is 5. The molecule has 1 N–H and O–H groups in total. The van der Waals surface area contributed by atoms with Gasteiger partial charge < -0.3 is 14.8 Å². The second kappa shape index (κ2) is 8.48. The van der Waals surface area contributed by atoms with Gasteiger partial charge in [-0.3, -0.25) is 4.79 Å². The number of carbonyl (C=O) groups is 1. The van der Waals surface area contributed by atoms with Crippen molar-refractivity contribution in [3.63, 3.8) is 0 Å². The molecule has 0 unspecified atom stereocenters. The van der Waals surface area contributed by atoms with E-state index in [4.69, 9.17) is 9.47 Å². The van der Waals surface area contributed by atoms with Crippen molar-refractivity contribution in [1.82, 2.24) is 10.3 Å². The van der Waals surface area contributed by atoms with Crippen molar-refractivity contribution >= 4 is 27.5 Å². The summed E-state index contributed by atoms with van der Waals surface area (Å²) in [6.45, 7) is 2.96. The number of aromatic nitrogens is 1. The Hall–Kier alpha value is -2.60. The van der Waals surface area contributed by atoms with Crippen molar-refractivity contribution < 1.29 is 14.3 Å². The molecule has 0 aliphatic heterocycles. The second-order valence-electron chi connectivity index (χ2n) is 5.34. The van der Waals surface area contributed by atoms with Gasteiger partial charge in [0.1, 0.15) is 0 Å². The van der Waals surface area contributed by atoms with E-state index in [1.807, 2.05) is 43.3 Å². The molecule has 1 amide bonds. The Labute approximate surface area is 150 Å². The normalized spacial score (nSPS) is 10.6. The highest BCUT2D eigenvalue weighted by molar-refractivity contribution is 7.18. The van der Waals surface area contributed by atoms with Crippen molar-refractivity contribution in [1.29, 1.82) is 0 Å². The molecule has 1 aromatic heterocycles. The first-order valence-corrected chi connectivity index (χ1v) is 9.03. The van der Waals surface area contributed by atoms with Gasteiger partial charge >= 0.3 is 0 Å². The van der Waals surface area contributed by atoms with Crippen LogP contribution in [0.1, 0.15) is 11.9 Å². The van der Waals surface area contributed by atoms with Crippen LogP contribution in [0.5, 0.6) is 11.5 Å². The maximum absolute atomic E-state index is 12.0. The van der Waals surface area contributed by atoms with E-state index >= 15 is 0 Å². The van der Waals surface area contributed by atoms with E-state index in [-0.39, 0.29) is 12.5 Å². The lowest BCUT2D eigenvalue weighted by Crippen LogP contribution is -2.30. The van der Waals surface area contributed by atoms with Gasteiger partial charge in [0.2, 0.25) is 0 Å². The first kappa shape index (κ1) is 17.2. The minimum absolute atomic E-state index is 0.0378. The zero-order valence-corrected chi connectivity index (χ0v) is 14.8. The molecule has 0 atom stereocenters. The number of nitrogens with zero attached hydrogens (tertiary/aromatic N) is 1. The molecule has 3 aromatic rings. The van der Waals surface area contributed by atoms with Crippen LogP contribution in [-0.4, -0.2) is 30.6 Å². The van der Waals surface area contributed by atoms with E-state index in [0.29, 0.717) is 31.1 Å². The van der Waals surface area contributed by atoms with Gasteiger partial charge in [0.15, 0.2) is 18.1 Å². The van der Waals surface area contributed by atoms with Crippen molar-refractivity contribution in [3.05, 3.63) is 53.5 Å². The highest BCUT2D eigenvalue weighted by atomic mass is 32.1. The third kappa shape index (κ3) is 4.70. The summed E-state index contributed by atoms with van der Waals surface area (Å²) < 4.78 is 12.2. The number of amides is 1. The van der Waals surface area contributed by atoms with Crippen LogP contribution in [0, 0.1) is 0 Å². The van der Waals surface area contributed by atoms with Crippen LogP contribution >= 0.6 is 11.3 Å². The summed E-state index contributed by atoms with van der Waals surface area (Å²) in [5.41, 5.74) is 1.00. The average Bonchev–Trinajstić information content (AvgIpc) is 3.04. The highest BCUT2D eigenvalue weighted by Gasteiger charge is 2.08. The van der Waals surface area contributed by atoms with Gasteiger partial charge in [0.25, 0.3) is 5.91 Å². The molecule has 1 heterocycles. The third-order valence-corrected chi connectivity index (χ3v) is 4.60. The van der Waals surface area contributed by atoms with Crippen LogP contribution in [0.25, 0.3) is 10.2 Å². The number of para-hydroxylation sites is 3. The van der Waals surface area contributed by atoms with Crippen molar-refractivity contribution in [2.24, 2.45) is 0 Å². The zero-order chi connectivity index (χ0) is 17.5. The Morgan fingerprint density at radius 3 is 2.56 bits per heavy atom. The summed E-state index contributed by atoms with van der Waals surface area (Å²) in [4.78, 5) is 16.5. The molecule has 0 fully saturated rings. The van der Waals surface area contributed by atoms with Crippen LogP contribution in [0.3, 0.4) is 0 Å². The lowest BCUT2D eigenvalue weighted by Gasteiger charge is -2.11. The smallest absolute Gasteiger partial charge is 0.257 e. The molecule has 0 aliphatic rings. The highest BCUT2D eigenvalue weighted by Crippen LogP contribution is 2.26. The van der Waals surface area contributed by atoms with E-state index in [0.717, 1.165) is 10.5 Å². The Balaban J connectivity index is 1.45. The fraction of sp³-hybridized carbons (Fsp3) is 0.263. The Morgan fingerprint density at radius 1 is 1.08 bits per heavy atom. The molecule has 2 aromatic carbocycles. The molecule has 6 heteroatoms. The molecule has 0 saturated heterocycles. The van der Waals surface area contributed by atoms with Gasteiger partial charge in [-0.2, -0.15) is 0 Å². The van der Waals surface area contributed by atoms with Gasteiger partial charge in [-0.15, -0.1) is 11.3 Å². The number of rotatable bonds is 8. The van der Waals surface area contributed by atoms with Crippen LogP contribution < -0.4 is 14.8 Å². The number of benzene rings is 2. The van der Waals surface area contributed by atoms with E-state index in [9.17, 15) is 4.79 Å². The van der Waals surface area contributed by atoms with Crippen LogP contribution in [0.4, 0.5) is 0 Å². The van der Waals surface area contributed by atoms with Gasteiger partial charge in [-0.25, -0.2) is 4.98 Å². The topological polar surface area (TPSA) is 60.5 Å².